The van der Waals surface area contributed by atoms with Gasteiger partial charge in [0.2, 0.25) is 15.9 Å². The first-order valence-corrected chi connectivity index (χ1v) is 13.0. The van der Waals surface area contributed by atoms with Crippen LogP contribution in [-0.4, -0.2) is 59.3 Å². The third kappa shape index (κ3) is 5.37. The first-order chi connectivity index (χ1) is 16.0. The lowest BCUT2D eigenvalue weighted by molar-refractivity contribution is -0.113. The van der Waals surface area contributed by atoms with E-state index in [-0.39, 0.29) is 22.3 Å². The highest BCUT2D eigenvalue weighted by Gasteiger charge is 2.29. The second kappa shape index (κ2) is 10.4. The summed E-state index contributed by atoms with van der Waals surface area (Å²) in [5.41, 5.74) is 1.29. The molecule has 0 aliphatic carbocycles. The number of benzene rings is 2. The standard InChI is InChI=1S/C22H25N5O4S2/c1-31-19-11-10-17(14-20(19)33(29,30)26-12-6-3-7-13-26)24-21(28)15-32-22-25-23-16-27(22)18-8-4-2-5-9-18/h2,4-5,8-11,14,16H,3,6-7,12-13,15H2,1H3,(H,24,28). The fourth-order valence-corrected chi connectivity index (χ4v) is 6.04. The third-order valence-electron chi connectivity index (χ3n) is 5.26. The van der Waals surface area contributed by atoms with Crippen molar-refractivity contribution in [1.82, 2.24) is 19.1 Å². The van der Waals surface area contributed by atoms with Crippen LogP contribution in [0.3, 0.4) is 0 Å². The van der Waals surface area contributed by atoms with Crippen molar-refractivity contribution in [2.75, 3.05) is 31.3 Å². The fourth-order valence-electron chi connectivity index (χ4n) is 3.62. The van der Waals surface area contributed by atoms with Gasteiger partial charge < -0.3 is 10.1 Å². The summed E-state index contributed by atoms with van der Waals surface area (Å²) < 4.78 is 34.9. The maximum absolute atomic E-state index is 13.2. The maximum Gasteiger partial charge on any atom is 0.246 e. The zero-order valence-electron chi connectivity index (χ0n) is 18.2. The molecule has 11 heteroatoms. The maximum atomic E-state index is 13.2. The van der Waals surface area contributed by atoms with Crippen molar-refractivity contribution in [3.8, 4) is 11.4 Å². The Labute approximate surface area is 197 Å². The van der Waals surface area contributed by atoms with E-state index in [0.29, 0.717) is 23.9 Å². The van der Waals surface area contributed by atoms with Crippen LogP contribution in [0, 0.1) is 0 Å². The number of thioether (sulfide) groups is 1. The van der Waals surface area contributed by atoms with Crippen molar-refractivity contribution in [3.63, 3.8) is 0 Å². The Bertz CT molecular complexity index is 1210. The Kier molecular flexibility index (Phi) is 7.31. The van der Waals surface area contributed by atoms with Gasteiger partial charge in [0, 0.05) is 24.5 Å². The van der Waals surface area contributed by atoms with Crippen LogP contribution in [-0.2, 0) is 14.8 Å². The van der Waals surface area contributed by atoms with Gasteiger partial charge >= 0.3 is 0 Å². The first-order valence-electron chi connectivity index (χ1n) is 10.6. The number of rotatable bonds is 8. The summed E-state index contributed by atoms with van der Waals surface area (Å²) >= 11 is 1.24. The Morgan fingerprint density at radius 3 is 2.61 bits per heavy atom. The van der Waals surface area contributed by atoms with E-state index in [4.69, 9.17) is 4.74 Å². The molecule has 2 heterocycles. The lowest BCUT2D eigenvalue weighted by Gasteiger charge is -2.26. The molecule has 1 fully saturated rings. The lowest BCUT2D eigenvalue weighted by Crippen LogP contribution is -2.35. The summed E-state index contributed by atoms with van der Waals surface area (Å²) in [6.45, 7) is 0.974. The van der Waals surface area contributed by atoms with E-state index in [0.717, 1.165) is 24.9 Å². The number of para-hydroxylation sites is 1. The predicted octanol–water partition coefficient (Wildman–Crippen LogP) is 3.18. The van der Waals surface area contributed by atoms with Crippen LogP contribution in [0.4, 0.5) is 5.69 Å². The molecule has 4 rings (SSSR count). The van der Waals surface area contributed by atoms with Gasteiger partial charge in [-0.2, -0.15) is 4.31 Å². The molecule has 1 aromatic heterocycles. The molecular weight excluding hydrogens is 462 g/mol. The molecule has 0 spiro atoms. The number of aromatic nitrogens is 3. The van der Waals surface area contributed by atoms with Crippen molar-refractivity contribution < 1.29 is 17.9 Å². The molecule has 174 valence electrons. The van der Waals surface area contributed by atoms with Crippen molar-refractivity contribution >= 4 is 33.4 Å². The zero-order valence-corrected chi connectivity index (χ0v) is 19.8. The molecule has 33 heavy (non-hydrogen) atoms. The number of hydrogen-bond acceptors (Lipinski definition) is 7. The minimum atomic E-state index is -3.72. The van der Waals surface area contributed by atoms with E-state index < -0.39 is 10.0 Å². The van der Waals surface area contributed by atoms with Gasteiger partial charge in [-0.3, -0.25) is 9.36 Å². The van der Waals surface area contributed by atoms with E-state index in [1.807, 2.05) is 30.3 Å². The highest BCUT2D eigenvalue weighted by Crippen LogP contribution is 2.31. The summed E-state index contributed by atoms with van der Waals surface area (Å²) in [5, 5.41) is 11.4. The number of anilines is 1. The summed E-state index contributed by atoms with van der Waals surface area (Å²) in [6.07, 6.45) is 4.29. The molecule has 1 aliphatic heterocycles. The fraction of sp³-hybridized carbons (Fsp3) is 0.318. The molecule has 0 bridgehead atoms. The molecule has 2 aromatic carbocycles. The molecule has 0 radical (unpaired) electrons. The summed E-state index contributed by atoms with van der Waals surface area (Å²) in [6, 6.07) is 14.2. The molecule has 0 atom stereocenters. The summed E-state index contributed by atoms with van der Waals surface area (Å²) in [4.78, 5) is 12.6. The van der Waals surface area contributed by atoms with Crippen molar-refractivity contribution in [2.24, 2.45) is 0 Å². The van der Waals surface area contributed by atoms with Crippen LogP contribution in [0.1, 0.15) is 19.3 Å². The number of nitrogens with zero attached hydrogens (tertiary/aromatic N) is 4. The second-order valence-electron chi connectivity index (χ2n) is 7.49. The normalized spacial score (nSPS) is 14.7. The Morgan fingerprint density at radius 1 is 1.12 bits per heavy atom. The average molecular weight is 488 g/mol. The lowest BCUT2D eigenvalue weighted by atomic mass is 10.2. The van der Waals surface area contributed by atoms with Gasteiger partial charge in [-0.05, 0) is 43.2 Å². The molecule has 1 saturated heterocycles. The summed E-state index contributed by atoms with van der Waals surface area (Å²) in [7, 11) is -2.28. The van der Waals surface area contributed by atoms with E-state index in [9.17, 15) is 13.2 Å². The van der Waals surface area contributed by atoms with Crippen molar-refractivity contribution in [2.45, 2.75) is 29.3 Å². The predicted molar refractivity (Wildman–Crippen MR) is 126 cm³/mol. The van der Waals surface area contributed by atoms with Crippen LogP contribution in [0.15, 0.2) is 64.9 Å². The molecule has 1 amide bonds. The quantitative estimate of drug-likeness (QED) is 0.486. The molecule has 1 N–H and O–H groups in total. The van der Waals surface area contributed by atoms with Crippen LogP contribution >= 0.6 is 11.8 Å². The molecule has 0 unspecified atom stereocenters. The molecule has 1 aliphatic rings. The van der Waals surface area contributed by atoms with Gasteiger partial charge in [-0.1, -0.05) is 36.4 Å². The van der Waals surface area contributed by atoms with Gasteiger partial charge in [0.15, 0.2) is 5.16 Å². The number of carbonyl (C=O) groups excluding carboxylic acids is 1. The Hall–Kier alpha value is -2.89. The number of ether oxygens (including phenoxy) is 1. The second-order valence-corrected chi connectivity index (χ2v) is 10.3. The molecule has 3 aromatic rings. The SMILES string of the molecule is COc1ccc(NC(=O)CSc2nncn2-c2ccccc2)cc1S(=O)(=O)N1CCCCC1. The number of nitrogens with one attached hydrogen (secondary N) is 1. The van der Waals surface area contributed by atoms with Crippen LogP contribution in [0.2, 0.25) is 0 Å². The van der Waals surface area contributed by atoms with Crippen LogP contribution < -0.4 is 10.1 Å². The van der Waals surface area contributed by atoms with Crippen molar-refractivity contribution in [3.05, 3.63) is 54.9 Å². The number of amides is 1. The zero-order chi connectivity index (χ0) is 23.3. The highest BCUT2D eigenvalue weighted by molar-refractivity contribution is 7.99. The number of sulfonamides is 1. The number of methoxy groups -OCH3 is 1. The van der Waals surface area contributed by atoms with Gasteiger partial charge in [-0.15, -0.1) is 10.2 Å². The molecular formula is C22H25N5O4S2. The third-order valence-corrected chi connectivity index (χ3v) is 8.13. The first kappa shape index (κ1) is 23.3. The number of piperidine rings is 1. The van der Waals surface area contributed by atoms with Gasteiger partial charge in [0.05, 0.1) is 12.9 Å². The van der Waals surface area contributed by atoms with E-state index in [1.54, 1.807) is 23.0 Å². The minimum Gasteiger partial charge on any atom is -0.495 e. The topological polar surface area (TPSA) is 106 Å². The monoisotopic (exact) mass is 487 g/mol. The number of hydrogen-bond donors (Lipinski definition) is 1. The van der Waals surface area contributed by atoms with Gasteiger partial charge in [0.25, 0.3) is 0 Å². The average Bonchev–Trinajstić information content (AvgIpc) is 3.32. The Balaban J connectivity index is 1.46. The van der Waals surface area contributed by atoms with Crippen LogP contribution in [0.5, 0.6) is 5.75 Å². The highest BCUT2D eigenvalue weighted by atomic mass is 32.2. The van der Waals surface area contributed by atoms with Crippen LogP contribution in [0.25, 0.3) is 5.69 Å². The smallest absolute Gasteiger partial charge is 0.246 e. The van der Waals surface area contributed by atoms with Crippen molar-refractivity contribution in [1.29, 1.82) is 0 Å². The van der Waals surface area contributed by atoms with Gasteiger partial charge in [-0.25, -0.2) is 8.42 Å². The largest absolute Gasteiger partial charge is 0.495 e. The van der Waals surface area contributed by atoms with Gasteiger partial charge in [0.1, 0.15) is 17.0 Å². The van der Waals surface area contributed by atoms with E-state index >= 15 is 0 Å². The Morgan fingerprint density at radius 2 is 1.88 bits per heavy atom. The minimum absolute atomic E-state index is 0.0566. The van der Waals surface area contributed by atoms with E-state index in [1.165, 1.54) is 29.2 Å². The molecule has 9 nitrogen and oxygen atoms in total. The van der Waals surface area contributed by atoms with E-state index in [2.05, 4.69) is 15.5 Å². The number of carbonyl (C=O) groups is 1. The summed E-state index contributed by atoms with van der Waals surface area (Å²) in [5.74, 6) is 0.0594. The molecule has 0 saturated carbocycles.